The lowest BCUT2D eigenvalue weighted by atomic mass is 9.98. The minimum absolute atomic E-state index is 0.0414. The van der Waals surface area contributed by atoms with Crippen LogP contribution in [0.1, 0.15) is 35.7 Å². The van der Waals surface area contributed by atoms with Crippen molar-refractivity contribution in [2.75, 3.05) is 13.1 Å². The number of nitrogens with one attached hydrogen (secondary N) is 1. The van der Waals surface area contributed by atoms with Crippen LogP contribution >= 0.6 is 0 Å². The first-order chi connectivity index (χ1) is 13.5. The molecule has 28 heavy (non-hydrogen) atoms. The average molecular weight is 386 g/mol. The van der Waals surface area contributed by atoms with Crippen LogP contribution < -0.4 is 5.32 Å². The molecule has 148 valence electrons. The van der Waals surface area contributed by atoms with Crippen LogP contribution in [0.5, 0.6) is 0 Å². The molecule has 0 spiro atoms. The van der Waals surface area contributed by atoms with E-state index in [1.165, 1.54) is 18.2 Å². The maximum absolute atomic E-state index is 13.8. The molecule has 3 rings (SSSR count). The third kappa shape index (κ3) is 4.74. The molecular weight excluding hydrogens is 362 g/mol. The van der Waals surface area contributed by atoms with Crippen LogP contribution in [0.3, 0.4) is 0 Å². The number of carbonyl (C=O) groups excluding carboxylic acids is 2. The van der Waals surface area contributed by atoms with Crippen molar-refractivity contribution in [3.05, 3.63) is 71.3 Å². The number of nitrogens with zero attached hydrogens (tertiary/aromatic N) is 1. The molecule has 0 saturated carbocycles. The summed E-state index contributed by atoms with van der Waals surface area (Å²) in [5.41, 5.74) is 0.596. The molecule has 4 nitrogen and oxygen atoms in total. The summed E-state index contributed by atoms with van der Waals surface area (Å²) < 4.78 is 27.6. The third-order valence-electron chi connectivity index (χ3n) is 5.16. The lowest BCUT2D eigenvalue weighted by Crippen LogP contribution is -2.48. The molecule has 1 heterocycles. The zero-order valence-electron chi connectivity index (χ0n) is 15.8. The highest BCUT2D eigenvalue weighted by molar-refractivity contribution is 5.94. The number of hydrogen-bond donors (Lipinski definition) is 1. The Morgan fingerprint density at radius 3 is 2.29 bits per heavy atom. The molecule has 2 aromatic carbocycles. The molecule has 0 bridgehead atoms. The fourth-order valence-corrected chi connectivity index (χ4v) is 3.46. The van der Waals surface area contributed by atoms with Crippen LogP contribution in [0, 0.1) is 17.6 Å². The highest BCUT2D eigenvalue weighted by Crippen LogP contribution is 2.17. The fourth-order valence-electron chi connectivity index (χ4n) is 3.46. The predicted octanol–water partition coefficient (Wildman–Crippen LogP) is 3.56. The van der Waals surface area contributed by atoms with Crippen LogP contribution in [0.2, 0.25) is 0 Å². The van der Waals surface area contributed by atoms with Gasteiger partial charge in [0.1, 0.15) is 11.6 Å². The summed E-state index contributed by atoms with van der Waals surface area (Å²) in [5, 5.41) is 3.00. The Morgan fingerprint density at radius 1 is 1.04 bits per heavy atom. The summed E-state index contributed by atoms with van der Waals surface area (Å²) in [6.45, 7) is 2.69. The summed E-state index contributed by atoms with van der Waals surface area (Å²) in [7, 11) is 0. The normalized spacial score (nSPS) is 15.9. The van der Waals surface area contributed by atoms with Crippen LogP contribution in [0.25, 0.3) is 0 Å². The molecule has 2 aromatic rings. The first kappa shape index (κ1) is 20.0. The number of hydrogen-bond acceptors (Lipinski definition) is 2. The molecule has 1 aliphatic heterocycles. The molecule has 1 atom stereocenters. The average Bonchev–Trinajstić information content (AvgIpc) is 2.70. The Morgan fingerprint density at radius 2 is 1.64 bits per heavy atom. The van der Waals surface area contributed by atoms with E-state index in [1.54, 1.807) is 42.2 Å². The van der Waals surface area contributed by atoms with Gasteiger partial charge < -0.3 is 10.2 Å². The van der Waals surface area contributed by atoms with Crippen molar-refractivity contribution in [1.29, 1.82) is 0 Å². The van der Waals surface area contributed by atoms with Gasteiger partial charge in [-0.15, -0.1) is 0 Å². The highest BCUT2D eigenvalue weighted by Gasteiger charge is 2.27. The number of likely N-dealkylation sites (tertiary alicyclic amines) is 1. The lowest BCUT2D eigenvalue weighted by molar-refractivity contribution is -0.125. The summed E-state index contributed by atoms with van der Waals surface area (Å²) in [6, 6.07) is 12.4. The number of halogens is 2. The minimum atomic E-state index is -0.523. The minimum Gasteiger partial charge on any atom is -0.353 e. The Balaban J connectivity index is 1.50. The van der Waals surface area contributed by atoms with Crippen LogP contribution in [-0.4, -0.2) is 35.8 Å². The van der Waals surface area contributed by atoms with Gasteiger partial charge in [-0.05, 0) is 43.0 Å². The Hall–Kier alpha value is -2.76. The van der Waals surface area contributed by atoms with Gasteiger partial charge in [0, 0.05) is 25.0 Å². The molecule has 1 fully saturated rings. The van der Waals surface area contributed by atoms with Gasteiger partial charge in [0.05, 0.1) is 5.56 Å². The van der Waals surface area contributed by atoms with Gasteiger partial charge in [-0.2, -0.15) is 0 Å². The number of carbonyl (C=O) groups is 2. The topological polar surface area (TPSA) is 49.4 Å². The second-order valence-corrected chi connectivity index (χ2v) is 7.25. The molecular formula is C22H24F2N2O2. The predicted molar refractivity (Wildman–Crippen MR) is 103 cm³/mol. The SMILES string of the molecule is CC(Cc1ccccc1F)C(=O)NC1CCN(C(=O)c2ccccc2F)CC1. The van der Waals surface area contributed by atoms with E-state index in [4.69, 9.17) is 0 Å². The van der Waals surface area contributed by atoms with Crippen LogP contribution in [0.15, 0.2) is 48.5 Å². The van der Waals surface area contributed by atoms with E-state index in [0.717, 1.165) is 0 Å². The van der Waals surface area contributed by atoms with E-state index >= 15 is 0 Å². The van der Waals surface area contributed by atoms with Crippen molar-refractivity contribution >= 4 is 11.8 Å². The smallest absolute Gasteiger partial charge is 0.256 e. The zero-order valence-corrected chi connectivity index (χ0v) is 15.8. The van der Waals surface area contributed by atoms with Crippen molar-refractivity contribution in [3.63, 3.8) is 0 Å². The first-order valence-corrected chi connectivity index (χ1v) is 9.53. The molecule has 0 aliphatic carbocycles. The summed E-state index contributed by atoms with van der Waals surface area (Å²) in [5.74, 6) is -1.63. The lowest BCUT2D eigenvalue weighted by Gasteiger charge is -2.33. The van der Waals surface area contributed by atoms with Crippen molar-refractivity contribution < 1.29 is 18.4 Å². The summed E-state index contributed by atoms with van der Waals surface area (Å²) >= 11 is 0. The highest BCUT2D eigenvalue weighted by atomic mass is 19.1. The zero-order chi connectivity index (χ0) is 20.1. The van der Waals surface area contributed by atoms with Crippen LogP contribution in [-0.2, 0) is 11.2 Å². The Bertz CT molecular complexity index is 848. The second-order valence-electron chi connectivity index (χ2n) is 7.25. The Labute approximate surface area is 163 Å². The molecule has 1 aliphatic rings. The second kappa shape index (κ2) is 8.95. The summed E-state index contributed by atoms with van der Waals surface area (Å²) in [4.78, 5) is 26.5. The van der Waals surface area contributed by atoms with Gasteiger partial charge in [-0.25, -0.2) is 8.78 Å². The number of amides is 2. The maximum Gasteiger partial charge on any atom is 0.256 e. The first-order valence-electron chi connectivity index (χ1n) is 9.53. The molecule has 6 heteroatoms. The third-order valence-corrected chi connectivity index (χ3v) is 5.16. The van der Waals surface area contributed by atoms with Gasteiger partial charge in [-0.3, -0.25) is 9.59 Å². The molecule has 0 aromatic heterocycles. The van der Waals surface area contributed by atoms with Crippen molar-refractivity contribution in [2.45, 2.75) is 32.2 Å². The number of rotatable bonds is 5. The van der Waals surface area contributed by atoms with E-state index in [9.17, 15) is 18.4 Å². The van der Waals surface area contributed by atoms with Gasteiger partial charge in [0.15, 0.2) is 0 Å². The van der Waals surface area contributed by atoms with Crippen LogP contribution in [0.4, 0.5) is 8.78 Å². The fraction of sp³-hybridized carbons (Fsp3) is 0.364. The van der Waals surface area contributed by atoms with E-state index in [-0.39, 0.29) is 35.2 Å². The molecule has 1 N–H and O–H groups in total. The number of benzene rings is 2. The van der Waals surface area contributed by atoms with Gasteiger partial charge in [0.2, 0.25) is 5.91 Å². The van der Waals surface area contributed by atoms with Crippen molar-refractivity contribution in [3.8, 4) is 0 Å². The van der Waals surface area contributed by atoms with E-state index in [1.807, 2.05) is 0 Å². The van der Waals surface area contributed by atoms with E-state index in [2.05, 4.69) is 5.32 Å². The Kier molecular flexibility index (Phi) is 6.39. The van der Waals surface area contributed by atoms with Crippen molar-refractivity contribution in [2.24, 2.45) is 5.92 Å². The van der Waals surface area contributed by atoms with E-state index < -0.39 is 5.82 Å². The quantitative estimate of drug-likeness (QED) is 0.854. The standard InChI is InChI=1S/C22H24F2N2O2/c1-15(14-16-6-2-4-8-19(16)23)21(27)25-17-10-12-26(13-11-17)22(28)18-7-3-5-9-20(18)24/h2-9,15,17H,10-14H2,1H3,(H,25,27). The maximum atomic E-state index is 13.8. The van der Waals surface area contributed by atoms with Crippen molar-refractivity contribution in [1.82, 2.24) is 10.2 Å². The van der Waals surface area contributed by atoms with Gasteiger partial charge in [-0.1, -0.05) is 37.3 Å². The molecule has 0 radical (unpaired) electrons. The molecule has 1 unspecified atom stereocenters. The summed E-state index contributed by atoms with van der Waals surface area (Å²) in [6.07, 6.45) is 1.56. The monoisotopic (exact) mass is 386 g/mol. The largest absolute Gasteiger partial charge is 0.353 e. The van der Waals surface area contributed by atoms with Gasteiger partial charge in [0.25, 0.3) is 5.91 Å². The van der Waals surface area contributed by atoms with E-state index in [0.29, 0.717) is 37.9 Å². The van der Waals surface area contributed by atoms with Gasteiger partial charge >= 0.3 is 0 Å². The molecule has 1 saturated heterocycles. The molecule has 2 amide bonds. The number of piperidine rings is 1.